The standard InChI is InChI=1S/C27H22F4N6O3S/c1-16-24(14-33-35-16)41(39,40)36-9-7-18-11-23-17(13-34-37(23)21-4-2-20(28)3-5-21)12-26(18,15-36)25(38)22-10-19(6-8-32-22)27(29,30)31/h2-6,8,10-11,13-14H,7,9,12,15H2,1H3,(H,33,35)/t26-/m0/s1. The van der Waals surface area contributed by atoms with Crippen LogP contribution in [0.15, 0.2) is 65.5 Å². The van der Waals surface area contributed by atoms with E-state index in [1.165, 1.54) is 28.8 Å². The highest BCUT2D eigenvalue weighted by atomic mass is 32.2. The van der Waals surface area contributed by atoms with Gasteiger partial charge in [-0.05, 0) is 67.8 Å². The van der Waals surface area contributed by atoms with Gasteiger partial charge in [0, 0.05) is 19.3 Å². The summed E-state index contributed by atoms with van der Waals surface area (Å²) in [4.78, 5) is 18.1. The highest BCUT2D eigenvalue weighted by Crippen LogP contribution is 2.47. The number of aromatic nitrogens is 5. The van der Waals surface area contributed by atoms with Crippen LogP contribution in [0.2, 0.25) is 0 Å². The molecule has 0 saturated carbocycles. The van der Waals surface area contributed by atoms with Crippen molar-refractivity contribution in [3.63, 3.8) is 0 Å². The second kappa shape index (κ2) is 9.45. The predicted octanol–water partition coefficient (Wildman–Crippen LogP) is 4.36. The van der Waals surface area contributed by atoms with E-state index in [0.717, 1.165) is 12.3 Å². The number of sulfonamides is 1. The van der Waals surface area contributed by atoms with Gasteiger partial charge in [0.1, 0.15) is 16.4 Å². The molecule has 1 atom stereocenters. The number of alkyl halides is 3. The third kappa shape index (κ3) is 4.47. The van der Waals surface area contributed by atoms with Crippen molar-refractivity contribution >= 4 is 21.9 Å². The van der Waals surface area contributed by atoms with Gasteiger partial charge in [-0.3, -0.25) is 14.9 Å². The lowest BCUT2D eigenvalue weighted by Crippen LogP contribution is -2.53. The van der Waals surface area contributed by atoms with Crippen molar-refractivity contribution in [3.05, 3.63) is 94.6 Å². The van der Waals surface area contributed by atoms with E-state index in [1.54, 1.807) is 29.8 Å². The average molecular weight is 587 g/mol. The zero-order chi connectivity index (χ0) is 29.2. The summed E-state index contributed by atoms with van der Waals surface area (Å²) in [5.74, 6) is -1.15. The monoisotopic (exact) mass is 586 g/mol. The summed E-state index contributed by atoms with van der Waals surface area (Å²) in [6, 6.07) is 7.13. The van der Waals surface area contributed by atoms with Crippen LogP contribution < -0.4 is 0 Å². The van der Waals surface area contributed by atoms with Gasteiger partial charge in [-0.25, -0.2) is 17.5 Å². The fourth-order valence-corrected chi connectivity index (χ4v) is 7.14. The molecule has 14 heteroatoms. The summed E-state index contributed by atoms with van der Waals surface area (Å²) in [7, 11) is -4.10. The molecule has 0 bridgehead atoms. The number of pyridine rings is 1. The number of piperidine rings is 1. The third-order valence-electron chi connectivity index (χ3n) is 7.61. The first kappa shape index (κ1) is 27.0. The van der Waals surface area contributed by atoms with Gasteiger partial charge in [0.25, 0.3) is 0 Å². The van der Waals surface area contributed by atoms with Gasteiger partial charge in [-0.2, -0.15) is 27.7 Å². The first-order valence-electron chi connectivity index (χ1n) is 12.5. The molecule has 0 spiro atoms. The Hall–Kier alpha value is -4.17. The number of aryl methyl sites for hydroxylation is 1. The minimum atomic E-state index is -4.70. The maximum atomic E-state index is 14.2. The number of nitrogens with one attached hydrogen (secondary N) is 1. The first-order valence-corrected chi connectivity index (χ1v) is 14.0. The summed E-state index contributed by atoms with van der Waals surface area (Å²) in [5, 5.41) is 10.8. The minimum Gasteiger partial charge on any atom is -0.291 e. The van der Waals surface area contributed by atoms with Crippen molar-refractivity contribution in [2.45, 2.75) is 30.8 Å². The quantitative estimate of drug-likeness (QED) is 0.275. The second-order valence-corrected chi connectivity index (χ2v) is 12.0. The van der Waals surface area contributed by atoms with Gasteiger partial charge in [0.2, 0.25) is 10.0 Å². The third-order valence-corrected chi connectivity index (χ3v) is 9.57. The van der Waals surface area contributed by atoms with E-state index < -0.39 is 44.5 Å². The molecule has 1 N–H and O–H groups in total. The van der Waals surface area contributed by atoms with Gasteiger partial charge >= 0.3 is 6.18 Å². The zero-order valence-electron chi connectivity index (χ0n) is 21.5. The van der Waals surface area contributed by atoms with E-state index in [9.17, 15) is 30.8 Å². The number of fused-ring (bicyclic) bond motifs is 2. The Balaban J connectivity index is 1.48. The highest BCUT2D eigenvalue weighted by molar-refractivity contribution is 7.89. The maximum absolute atomic E-state index is 14.2. The smallest absolute Gasteiger partial charge is 0.291 e. The molecule has 41 heavy (non-hydrogen) atoms. The number of H-pyrrole nitrogens is 1. The Kier molecular flexibility index (Phi) is 6.23. The maximum Gasteiger partial charge on any atom is 0.416 e. The number of hydrogen-bond acceptors (Lipinski definition) is 6. The first-order chi connectivity index (χ1) is 19.4. The largest absolute Gasteiger partial charge is 0.416 e. The van der Waals surface area contributed by atoms with Crippen LogP contribution in [0, 0.1) is 18.2 Å². The predicted molar refractivity (Wildman–Crippen MR) is 138 cm³/mol. The van der Waals surface area contributed by atoms with Crippen LogP contribution in [0.5, 0.6) is 0 Å². The summed E-state index contributed by atoms with van der Waals surface area (Å²) in [5.41, 5.74) is -0.355. The van der Waals surface area contributed by atoms with E-state index in [2.05, 4.69) is 20.3 Å². The number of benzene rings is 1. The molecule has 4 heterocycles. The Morgan fingerprint density at radius 1 is 1.12 bits per heavy atom. The Labute approximate surface area is 231 Å². The zero-order valence-corrected chi connectivity index (χ0v) is 22.3. The summed E-state index contributed by atoms with van der Waals surface area (Å²) in [6.45, 7) is 1.27. The molecule has 212 valence electrons. The molecule has 1 aliphatic carbocycles. The molecule has 3 aromatic heterocycles. The lowest BCUT2D eigenvalue weighted by atomic mass is 9.65. The molecule has 9 nitrogen and oxygen atoms in total. The number of nitrogens with zero attached hydrogens (tertiary/aromatic N) is 5. The molecular weight excluding hydrogens is 564 g/mol. The summed E-state index contributed by atoms with van der Waals surface area (Å²) >= 11 is 0. The van der Waals surface area contributed by atoms with Crippen molar-refractivity contribution in [2.75, 3.05) is 13.1 Å². The lowest BCUT2D eigenvalue weighted by molar-refractivity contribution is -0.137. The SMILES string of the molecule is Cc1[nH]ncc1S(=O)(=O)N1CCC2=Cc3c(cnn3-c3ccc(F)cc3)C[C@]2(C(=O)c2cc(C(F)(F)F)ccn2)C1. The van der Waals surface area contributed by atoms with Gasteiger partial charge in [-0.15, -0.1) is 0 Å². The lowest BCUT2D eigenvalue weighted by Gasteiger charge is -2.44. The highest BCUT2D eigenvalue weighted by Gasteiger charge is 2.52. The fraction of sp³-hybridized carbons (Fsp3) is 0.259. The molecule has 1 fully saturated rings. The number of aromatic amines is 1. The van der Waals surface area contributed by atoms with E-state index in [4.69, 9.17) is 0 Å². The number of carbonyl (C=O) groups excluding carboxylic acids is 1. The van der Waals surface area contributed by atoms with E-state index in [0.29, 0.717) is 34.3 Å². The van der Waals surface area contributed by atoms with E-state index in [1.807, 2.05) is 0 Å². The van der Waals surface area contributed by atoms with Crippen LogP contribution in [-0.4, -0.2) is 56.6 Å². The summed E-state index contributed by atoms with van der Waals surface area (Å²) < 4.78 is 84.1. The van der Waals surface area contributed by atoms with Crippen LogP contribution in [0.4, 0.5) is 17.6 Å². The number of rotatable bonds is 5. The number of halogens is 4. The number of ketones is 1. The topological polar surface area (TPSA) is 114 Å². The average Bonchev–Trinajstić information content (AvgIpc) is 3.57. The molecule has 2 aliphatic rings. The molecule has 1 aromatic carbocycles. The normalized spacial score (nSPS) is 19.4. The Bertz CT molecular complexity index is 1810. The van der Waals surface area contributed by atoms with Crippen LogP contribution in [0.3, 0.4) is 0 Å². The number of carbonyl (C=O) groups is 1. The van der Waals surface area contributed by atoms with Crippen LogP contribution in [0.1, 0.15) is 39.4 Å². The Morgan fingerprint density at radius 2 is 1.88 bits per heavy atom. The molecular formula is C27H22F4N6O3S. The molecule has 0 amide bonds. The van der Waals surface area contributed by atoms with Crippen molar-refractivity contribution < 1.29 is 30.8 Å². The molecule has 1 saturated heterocycles. The second-order valence-electron chi connectivity index (χ2n) is 10.1. The number of hydrogen-bond donors (Lipinski definition) is 1. The van der Waals surface area contributed by atoms with Gasteiger partial charge in [-0.1, -0.05) is 5.57 Å². The molecule has 6 rings (SSSR count). The van der Waals surface area contributed by atoms with Gasteiger partial charge in [0.15, 0.2) is 5.78 Å². The van der Waals surface area contributed by atoms with Crippen LogP contribution in [-0.2, 0) is 22.6 Å². The van der Waals surface area contributed by atoms with E-state index in [-0.39, 0.29) is 30.8 Å². The van der Waals surface area contributed by atoms with Gasteiger partial charge in [0.05, 0.1) is 40.4 Å². The minimum absolute atomic E-state index is 0.0253. The summed E-state index contributed by atoms with van der Waals surface area (Å²) in [6.07, 6.45) is 0.762. The number of Topliss-reactive ketones (excluding diaryl/α,β-unsaturated/α-hetero) is 1. The fourth-order valence-electron chi connectivity index (χ4n) is 5.52. The van der Waals surface area contributed by atoms with Gasteiger partial charge < -0.3 is 0 Å². The van der Waals surface area contributed by atoms with Crippen molar-refractivity contribution in [1.29, 1.82) is 0 Å². The van der Waals surface area contributed by atoms with Crippen LogP contribution in [0.25, 0.3) is 11.8 Å². The van der Waals surface area contributed by atoms with Crippen molar-refractivity contribution in [2.24, 2.45) is 5.41 Å². The Morgan fingerprint density at radius 3 is 2.56 bits per heavy atom. The van der Waals surface area contributed by atoms with Crippen molar-refractivity contribution in [3.8, 4) is 5.69 Å². The van der Waals surface area contributed by atoms with Crippen LogP contribution >= 0.6 is 0 Å². The van der Waals surface area contributed by atoms with Crippen molar-refractivity contribution in [1.82, 2.24) is 29.3 Å². The molecule has 1 aliphatic heterocycles. The molecule has 4 aromatic rings. The molecule has 0 unspecified atom stereocenters. The molecule has 0 radical (unpaired) electrons. The van der Waals surface area contributed by atoms with E-state index >= 15 is 0 Å².